The maximum absolute atomic E-state index is 5.99. The minimum Gasteiger partial charge on any atom is -0.439 e. The molecule has 1 heterocycles. The van der Waals surface area contributed by atoms with E-state index in [9.17, 15) is 0 Å². The van der Waals surface area contributed by atoms with E-state index < -0.39 is 0 Å². The van der Waals surface area contributed by atoms with E-state index in [0.29, 0.717) is 17.0 Å². The number of hydrogen-bond acceptors (Lipinski definition) is 3. The van der Waals surface area contributed by atoms with E-state index in [2.05, 4.69) is 32.6 Å². The lowest BCUT2D eigenvalue weighted by molar-refractivity contribution is 0.458. The fourth-order valence-corrected chi connectivity index (χ4v) is 2.34. The molecule has 0 saturated heterocycles. The summed E-state index contributed by atoms with van der Waals surface area (Å²) in [5.41, 5.74) is 0. The first-order valence-corrected chi connectivity index (χ1v) is 7.14. The summed E-state index contributed by atoms with van der Waals surface area (Å²) in [5.74, 6) is 2.53. The van der Waals surface area contributed by atoms with Crippen molar-refractivity contribution < 1.29 is 4.74 Å². The molecule has 1 fully saturated rings. The van der Waals surface area contributed by atoms with Crippen molar-refractivity contribution in [2.24, 2.45) is 0 Å². The number of benzene rings is 1. The van der Waals surface area contributed by atoms with Crippen LogP contribution in [0, 0.1) is 3.57 Å². The van der Waals surface area contributed by atoms with Crippen molar-refractivity contribution in [3.63, 3.8) is 0 Å². The monoisotopic (exact) mass is 372 g/mol. The molecule has 3 nitrogen and oxygen atoms in total. The molecular weight excluding hydrogens is 363 g/mol. The van der Waals surface area contributed by atoms with E-state index in [-0.39, 0.29) is 0 Å². The van der Waals surface area contributed by atoms with Crippen LogP contribution in [0.1, 0.15) is 24.6 Å². The average molecular weight is 373 g/mol. The van der Waals surface area contributed by atoms with Crippen LogP contribution in [0.25, 0.3) is 0 Å². The Balaban J connectivity index is 1.87. The second-order valence-corrected chi connectivity index (χ2v) is 5.85. The second-order valence-electron chi connectivity index (χ2n) is 4.22. The molecule has 1 aliphatic rings. The van der Waals surface area contributed by atoms with Crippen LogP contribution < -0.4 is 4.74 Å². The van der Waals surface area contributed by atoms with Crippen LogP contribution in [0.2, 0.25) is 5.15 Å². The third-order valence-electron chi connectivity index (χ3n) is 2.65. The zero-order valence-corrected chi connectivity index (χ0v) is 12.4. The third-order valence-corrected chi connectivity index (χ3v) is 3.51. The zero-order valence-electron chi connectivity index (χ0n) is 9.44. The van der Waals surface area contributed by atoms with Gasteiger partial charge in [-0.1, -0.05) is 17.7 Å². The van der Waals surface area contributed by atoms with Crippen LogP contribution in [0.15, 0.2) is 30.3 Å². The molecule has 0 atom stereocenters. The molecule has 1 aromatic heterocycles. The number of aromatic nitrogens is 2. The highest BCUT2D eigenvalue weighted by Crippen LogP contribution is 2.39. The van der Waals surface area contributed by atoms with E-state index in [1.807, 2.05) is 24.3 Å². The minimum atomic E-state index is 0.438. The highest BCUT2D eigenvalue weighted by atomic mass is 127. The van der Waals surface area contributed by atoms with Crippen LogP contribution in [0.4, 0.5) is 0 Å². The fraction of sp³-hybridized carbons (Fsp3) is 0.231. The van der Waals surface area contributed by atoms with Crippen LogP contribution in [0.5, 0.6) is 11.6 Å². The van der Waals surface area contributed by atoms with Gasteiger partial charge >= 0.3 is 0 Å². The molecule has 0 aliphatic heterocycles. The number of ether oxygens (including phenoxy) is 1. The van der Waals surface area contributed by atoms with Crippen molar-refractivity contribution >= 4 is 34.2 Å². The summed E-state index contributed by atoms with van der Waals surface area (Å²) >= 11 is 8.23. The van der Waals surface area contributed by atoms with E-state index in [1.54, 1.807) is 6.07 Å². The fourth-order valence-electron chi connectivity index (χ4n) is 1.64. The van der Waals surface area contributed by atoms with E-state index in [1.165, 1.54) is 0 Å². The van der Waals surface area contributed by atoms with Gasteiger partial charge in [0, 0.05) is 15.6 Å². The van der Waals surface area contributed by atoms with Crippen molar-refractivity contribution in [2.45, 2.75) is 18.8 Å². The van der Waals surface area contributed by atoms with Crippen molar-refractivity contribution in [1.82, 2.24) is 9.97 Å². The van der Waals surface area contributed by atoms with Gasteiger partial charge < -0.3 is 4.74 Å². The van der Waals surface area contributed by atoms with Gasteiger partial charge in [0.25, 0.3) is 0 Å². The predicted molar refractivity (Wildman–Crippen MR) is 78.3 cm³/mol. The first kappa shape index (κ1) is 12.2. The molecule has 3 rings (SSSR count). The van der Waals surface area contributed by atoms with Crippen LogP contribution in [-0.2, 0) is 0 Å². The van der Waals surface area contributed by atoms with Crippen molar-refractivity contribution in [3.05, 3.63) is 44.9 Å². The Bertz CT molecular complexity index is 587. The smallest absolute Gasteiger partial charge is 0.224 e. The number of halogens is 2. The topological polar surface area (TPSA) is 35.0 Å². The molecule has 1 saturated carbocycles. The molecule has 1 aliphatic carbocycles. The number of rotatable bonds is 3. The lowest BCUT2D eigenvalue weighted by Crippen LogP contribution is -1.96. The molecule has 0 N–H and O–H groups in total. The van der Waals surface area contributed by atoms with Crippen molar-refractivity contribution in [2.75, 3.05) is 0 Å². The minimum absolute atomic E-state index is 0.438. The van der Waals surface area contributed by atoms with Gasteiger partial charge in [0.2, 0.25) is 5.88 Å². The predicted octanol–water partition coefficient (Wildman–Crippen LogP) is 4.40. The Morgan fingerprint density at radius 2 is 2.06 bits per heavy atom. The Kier molecular flexibility index (Phi) is 3.39. The van der Waals surface area contributed by atoms with E-state index in [0.717, 1.165) is 28.0 Å². The molecule has 18 heavy (non-hydrogen) atoms. The quantitative estimate of drug-likeness (QED) is 0.591. The summed E-state index contributed by atoms with van der Waals surface area (Å²) in [6.45, 7) is 0. The summed E-state index contributed by atoms with van der Waals surface area (Å²) in [7, 11) is 0. The maximum atomic E-state index is 5.99. The average Bonchev–Trinajstić information content (AvgIpc) is 3.11. The van der Waals surface area contributed by atoms with Gasteiger partial charge in [-0.3, -0.25) is 0 Å². The van der Waals surface area contributed by atoms with Crippen LogP contribution >= 0.6 is 34.2 Å². The summed E-state index contributed by atoms with van der Waals surface area (Å²) in [6, 6.07) is 9.45. The van der Waals surface area contributed by atoms with Crippen LogP contribution in [-0.4, -0.2) is 9.97 Å². The van der Waals surface area contributed by atoms with Gasteiger partial charge in [0.15, 0.2) is 0 Å². The van der Waals surface area contributed by atoms with E-state index >= 15 is 0 Å². The lowest BCUT2D eigenvalue weighted by Gasteiger charge is -2.06. The maximum Gasteiger partial charge on any atom is 0.224 e. The molecule has 0 unspecified atom stereocenters. The second kappa shape index (κ2) is 5.01. The summed E-state index contributed by atoms with van der Waals surface area (Å²) in [4.78, 5) is 8.63. The molecule has 1 aromatic carbocycles. The Morgan fingerprint density at radius 1 is 1.22 bits per heavy atom. The van der Waals surface area contributed by atoms with Gasteiger partial charge in [0.1, 0.15) is 16.7 Å². The van der Waals surface area contributed by atoms with Crippen LogP contribution in [0.3, 0.4) is 0 Å². The molecule has 2 aromatic rings. The summed E-state index contributed by atoms with van der Waals surface area (Å²) in [5, 5.41) is 0.438. The molecule has 0 bridgehead atoms. The number of hydrogen-bond donors (Lipinski definition) is 0. The number of nitrogens with zero attached hydrogens (tertiary/aromatic N) is 2. The molecule has 0 radical (unpaired) electrons. The Labute approximate surface area is 124 Å². The Hall–Kier alpha value is -0.880. The normalized spacial score (nSPS) is 14.6. The van der Waals surface area contributed by atoms with Crippen molar-refractivity contribution in [3.8, 4) is 11.6 Å². The standard InChI is InChI=1S/C13H10ClIN2O/c14-11-7-12(17-13(16-11)8-4-5-8)18-10-3-1-2-9(15)6-10/h1-3,6-8H,4-5H2. The third kappa shape index (κ3) is 2.92. The van der Waals surface area contributed by atoms with Gasteiger partial charge in [-0.2, -0.15) is 4.98 Å². The largest absolute Gasteiger partial charge is 0.439 e. The molecule has 0 spiro atoms. The SMILES string of the molecule is Clc1cc(Oc2cccc(I)c2)nc(C2CC2)n1. The lowest BCUT2D eigenvalue weighted by atomic mass is 10.3. The molecule has 0 amide bonds. The summed E-state index contributed by atoms with van der Waals surface area (Å²) in [6.07, 6.45) is 2.28. The van der Waals surface area contributed by atoms with Gasteiger partial charge in [-0.05, 0) is 53.6 Å². The molecule has 92 valence electrons. The van der Waals surface area contributed by atoms with Gasteiger partial charge in [-0.25, -0.2) is 4.98 Å². The molecule has 5 heteroatoms. The first-order valence-electron chi connectivity index (χ1n) is 5.68. The molecular formula is C13H10ClIN2O. The van der Waals surface area contributed by atoms with Crippen molar-refractivity contribution in [1.29, 1.82) is 0 Å². The highest BCUT2D eigenvalue weighted by Gasteiger charge is 2.27. The van der Waals surface area contributed by atoms with Gasteiger partial charge in [-0.15, -0.1) is 0 Å². The highest BCUT2D eigenvalue weighted by molar-refractivity contribution is 14.1. The van der Waals surface area contributed by atoms with Gasteiger partial charge in [0.05, 0.1) is 0 Å². The Morgan fingerprint density at radius 3 is 2.78 bits per heavy atom. The summed E-state index contributed by atoms with van der Waals surface area (Å²) < 4.78 is 6.84. The zero-order chi connectivity index (χ0) is 12.5. The van der Waals surface area contributed by atoms with E-state index in [4.69, 9.17) is 16.3 Å². The first-order chi connectivity index (χ1) is 8.70.